The van der Waals surface area contributed by atoms with E-state index in [0.29, 0.717) is 29.7 Å². The van der Waals surface area contributed by atoms with E-state index >= 15 is 0 Å². The fourth-order valence-corrected chi connectivity index (χ4v) is 2.41. The summed E-state index contributed by atoms with van der Waals surface area (Å²) in [7, 11) is 0. The molecule has 0 spiro atoms. The van der Waals surface area contributed by atoms with Crippen LogP contribution in [-0.4, -0.2) is 29.1 Å². The lowest BCUT2D eigenvalue weighted by Gasteiger charge is -2.10. The van der Waals surface area contributed by atoms with E-state index < -0.39 is 0 Å². The van der Waals surface area contributed by atoms with Crippen LogP contribution < -0.4 is 14.8 Å². The van der Waals surface area contributed by atoms with Crippen molar-refractivity contribution >= 4 is 22.9 Å². The van der Waals surface area contributed by atoms with E-state index in [-0.39, 0.29) is 11.9 Å². The van der Waals surface area contributed by atoms with Gasteiger partial charge in [0.1, 0.15) is 5.69 Å². The van der Waals surface area contributed by atoms with Crippen LogP contribution in [0.5, 0.6) is 11.9 Å². The normalized spacial score (nSPS) is 10.2. The molecule has 2 heterocycles. The van der Waals surface area contributed by atoms with Crippen LogP contribution in [0.1, 0.15) is 29.1 Å². The van der Waals surface area contributed by atoms with Gasteiger partial charge in [0.05, 0.1) is 24.3 Å². The Labute approximate surface area is 127 Å². The number of anilines is 1. The molecular weight excluding hydrogens is 290 g/mol. The Bertz CT molecular complexity index is 628. The maximum absolute atomic E-state index is 12.2. The molecule has 2 aromatic heterocycles. The zero-order chi connectivity index (χ0) is 15.2. The second-order valence-electron chi connectivity index (χ2n) is 4.18. The largest absolute Gasteiger partial charge is 0.476 e. The Morgan fingerprint density at radius 1 is 1.33 bits per heavy atom. The second-order valence-corrected chi connectivity index (χ2v) is 5.09. The summed E-state index contributed by atoms with van der Waals surface area (Å²) in [6, 6.07) is 2.06. The Hall–Kier alpha value is -2.15. The minimum atomic E-state index is -0.207. The van der Waals surface area contributed by atoms with Crippen LogP contribution in [0.15, 0.2) is 17.6 Å². The molecule has 0 aromatic carbocycles. The highest BCUT2D eigenvalue weighted by Gasteiger charge is 2.14. The number of carbonyl (C=O) groups excluding carboxylic acids is 1. The zero-order valence-electron chi connectivity index (χ0n) is 12.2. The van der Waals surface area contributed by atoms with Crippen LogP contribution in [0, 0.1) is 6.92 Å². The van der Waals surface area contributed by atoms with Crippen LogP contribution in [0.25, 0.3) is 0 Å². The Kier molecular flexibility index (Phi) is 5.10. The van der Waals surface area contributed by atoms with Gasteiger partial charge < -0.3 is 14.8 Å². The maximum atomic E-state index is 12.2. The number of aromatic nitrogens is 2. The van der Waals surface area contributed by atoms with E-state index in [4.69, 9.17) is 9.47 Å². The second kappa shape index (κ2) is 7.03. The van der Waals surface area contributed by atoms with Crippen LogP contribution >= 0.6 is 11.3 Å². The minimum Gasteiger partial charge on any atom is -0.476 e. The predicted octanol–water partition coefficient (Wildman–Crippen LogP) is 2.90. The molecule has 0 saturated carbocycles. The standard InChI is InChI=1S/C14H17N3O3S/c1-4-19-13-10(7-15-14(17-13)20-5-2)16-12(18)11-6-9(3)8-21-11/h6-8H,4-5H2,1-3H3,(H,16,18). The topological polar surface area (TPSA) is 73.3 Å². The Morgan fingerprint density at radius 3 is 2.71 bits per heavy atom. The fourth-order valence-electron chi connectivity index (χ4n) is 1.62. The molecule has 0 saturated heterocycles. The SMILES string of the molecule is CCOc1ncc(NC(=O)c2cc(C)cs2)c(OCC)n1. The van der Waals surface area contributed by atoms with Gasteiger partial charge in [-0.25, -0.2) is 4.98 Å². The molecule has 0 unspecified atom stereocenters. The van der Waals surface area contributed by atoms with E-state index in [0.717, 1.165) is 5.56 Å². The summed E-state index contributed by atoms with van der Waals surface area (Å²) in [6.45, 7) is 6.53. The highest BCUT2D eigenvalue weighted by molar-refractivity contribution is 7.12. The molecule has 0 bridgehead atoms. The van der Waals surface area contributed by atoms with Crippen molar-refractivity contribution < 1.29 is 14.3 Å². The number of rotatable bonds is 6. The molecule has 2 rings (SSSR count). The lowest BCUT2D eigenvalue weighted by atomic mass is 10.3. The first kappa shape index (κ1) is 15.2. The third kappa shape index (κ3) is 3.91. The number of carbonyl (C=O) groups is 1. The van der Waals surface area contributed by atoms with Crippen molar-refractivity contribution in [1.29, 1.82) is 0 Å². The van der Waals surface area contributed by atoms with Crippen molar-refractivity contribution in [1.82, 2.24) is 9.97 Å². The number of nitrogens with zero attached hydrogens (tertiary/aromatic N) is 2. The van der Waals surface area contributed by atoms with E-state index in [9.17, 15) is 4.79 Å². The van der Waals surface area contributed by atoms with Gasteiger partial charge in [0.25, 0.3) is 5.91 Å². The number of nitrogens with one attached hydrogen (secondary N) is 1. The summed E-state index contributed by atoms with van der Waals surface area (Å²) in [5, 5.41) is 4.68. The molecule has 0 aliphatic heterocycles. The van der Waals surface area contributed by atoms with Gasteiger partial charge >= 0.3 is 6.01 Å². The summed E-state index contributed by atoms with van der Waals surface area (Å²) in [5.41, 5.74) is 1.48. The Balaban J connectivity index is 2.20. The third-order valence-electron chi connectivity index (χ3n) is 2.49. The molecule has 1 N–H and O–H groups in total. The summed E-state index contributed by atoms with van der Waals surface area (Å²) in [6.07, 6.45) is 1.49. The van der Waals surface area contributed by atoms with Crippen molar-refractivity contribution in [2.45, 2.75) is 20.8 Å². The third-order valence-corrected chi connectivity index (χ3v) is 3.54. The maximum Gasteiger partial charge on any atom is 0.319 e. The summed E-state index contributed by atoms with van der Waals surface area (Å²) < 4.78 is 10.7. The van der Waals surface area contributed by atoms with Crippen molar-refractivity contribution in [3.8, 4) is 11.9 Å². The zero-order valence-corrected chi connectivity index (χ0v) is 13.0. The minimum absolute atomic E-state index is 0.207. The smallest absolute Gasteiger partial charge is 0.319 e. The number of hydrogen-bond donors (Lipinski definition) is 1. The van der Waals surface area contributed by atoms with E-state index in [1.807, 2.05) is 32.2 Å². The van der Waals surface area contributed by atoms with Gasteiger partial charge in [-0.15, -0.1) is 11.3 Å². The molecule has 0 aliphatic rings. The number of thiophene rings is 1. The molecular formula is C14H17N3O3S. The monoisotopic (exact) mass is 307 g/mol. The van der Waals surface area contributed by atoms with E-state index in [2.05, 4.69) is 15.3 Å². The lowest BCUT2D eigenvalue weighted by Crippen LogP contribution is -2.13. The van der Waals surface area contributed by atoms with Gasteiger partial charge in [-0.1, -0.05) is 0 Å². The first-order valence-electron chi connectivity index (χ1n) is 6.63. The molecule has 7 heteroatoms. The van der Waals surface area contributed by atoms with Gasteiger partial charge in [0.2, 0.25) is 5.88 Å². The van der Waals surface area contributed by atoms with E-state index in [1.165, 1.54) is 17.5 Å². The highest BCUT2D eigenvalue weighted by atomic mass is 32.1. The van der Waals surface area contributed by atoms with Gasteiger partial charge in [-0.2, -0.15) is 4.98 Å². The highest BCUT2D eigenvalue weighted by Crippen LogP contribution is 2.24. The molecule has 0 radical (unpaired) electrons. The first-order valence-corrected chi connectivity index (χ1v) is 7.51. The molecule has 112 valence electrons. The van der Waals surface area contributed by atoms with Crippen molar-refractivity contribution in [3.05, 3.63) is 28.1 Å². The number of hydrogen-bond acceptors (Lipinski definition) is 6. The van der Waals surface area contributed by atoms with Gasteiger partial charge in [0.15, 0.2) is 0 Å². The Morgan fingerprint density at radius 2 is 2.10 bits per heavy atom. The molecule has 21 heavy (non-hydrogen) atoms. The number of aryl methyl sites for hydroxylation is 1. The van der Waals surface area contributed by atoms with Crippen LogP contribution in [-0.2, 0) is 0 Å². The van der Waals surface area contributed by atoms with Gasteiger partial charge in [-0.05, 0) is 37.8 Å². The molecule has 0 atom stereocenters. The fraction of sp³-hybridized carbons (Fsp3) is 0.357. The quantitative estimate of drug-likeness (QED) is 0.888. The number of amides is 1. The van der Waals surface area contributed by atoms with Crippen molar-refractivity contribution in [2.24, 2.45) is 0 Å². The average molecular weight is 307 g/mol. The van der Waals surface area contributed by atoms with E-state index in [1.54, 1.807) is 0 Å². The molecule has 0 aliphatic carbocycles. The van der Waals surface area contributed by atoms with Crippen LogP contribution in [0.2, 0.25) is 0 Å². The summed E-state index contributed by atoms with van der Waals surface area (Å²) in [4.78, 5) is 21.0. The summed E-state index contributed by atoms with van der Waals surface area (Å²) >= 11 is 1.39. The van der Waals surface area contributed by atoms with Gasteiger partial charge in [0, 0.05) is 0 Å². The van der Waals surface area contributed by atoms with Crippen LogP contribution in [0.3, 0.4) is 0 Å². The van der Waals surface area contributed by atoms with Crippen molar-refractivity contribution in [2.75, 3.05) is 18.5 Å². The molecule has 6 nitrogen and oxygen atoms in total. The van der Waals surface area contributed by atoms with Crippen molar-refractivity contribution in [3.63, 3.8) is 0 Å². The molecule has 2 aromatic rings. The summed E-state index contributed by atoms with van der Waals surface area (Å²) in [5.74, 6) is 0.0967. The molecule has 0 fully saturated rings. The first-order chi connectivity index (χ1) is 10.1. The number of ether oxygens (including phenoxy) is 2. The molecule has 1 amide bonds. The average Bonchev–Trinajstić information content (AvgIpc) is 2.89. The van der Waals surface area contributed by atoms with Crippen LogP contribution in [0.4, 0.5) is 5.69 Å². The predicted molar refractivity (Wildman–Crippen MR) is 81.4 cm³/mol. The van der Waals surface area contributed by atoms with Gasteiger partial charge in [-0.3, -0.25) is 4.79 Å². The lowest BCUT2D eigenvalue weighted by molar-refractivity contribution is 0.102.